The Labute approximate surface area is 294 Å². The van der Waals surface area contributed by atoms with Gasteiger partial charge in [-0.2, -0.15) is 23.5 Å². The molecule has 0 amide bonds. The molecule has 0 unspecified atom stereocenters. The number of nitriles is 1. The zero-order valence-electron chi connectivity index (χ0n) is 29.0. The highest BCUT2D eigenvalue weighted by Crippen LogP contribution is 2.59. The lowest BCUT2D eigenvalue weighted by Crippen LogP contribution is -2.64. The summed E-state index contributed by atoms with van der Waals surface area (Å²) in [5.41, 5.74) is 16.5. The summed E-state index contributed by atoms with van der Waals surface area (Å²) in [6.07, 6.45) is 2.98. The van der Waals surface area contributed by atoms with Crippen LogP contribution in [0.5, 0.6) is 5.75 Å². The van der Waals surface area contributed by atoms with Gasteiger partial charge in [-0.1, -0.05) is 19.6 Å². The van der Waals surface area contributed by atoms with Crippen molar-refractivity contribution in [3.8, 4) is 22.9 Å². The molecule has 13 heteroatoms. The average Bonchev–Trinajstić information content (AvgIpc) is 3.55. The van der Waals surface area contributed by atoms with Gasteiger partial charge < -0.3 is 21.1 Å². The van der Waals surface area contributed by atoms with Crippen molar-refractivity contribution in [1.29, 1.82) is 5.26 Å². The molecule has 1 aliphatic heterocycles. The summed E-state index contributed by atoms with van der Waals surface area (Å²) >= 11 is 0. The van der Waals surface area contributed by atoms with Crippen molar-refractivity contribution in [3.05, 3.63) is 59.7 Å². The van der Waals surface area contributed by atoms with Crippen molar-refractivity contribution in [3.63, 3.8) is 0 Å². The Bertz CT molecular complexity index is 2060. The summed E-state index contributed by atoms with van der Waals surface area (Å²) in [5, 5.41) is 17.7. The number of alkyl halides is 3. The number of fused-ring (bicyclic) bond motifs is 2. The molecule has 1 spiro atoms. The highest BCUT2D eigenvalue weighted by Gasteiger charge is 2.58. The fourth-order valence-electron chi connectivity index (χ4n) is 8.78. The Hall–Kier alpha value is -4.38. The average molecular weight is 701 g/mol. The molecule has 0 bridgehead atoms. The molecule has 1 saturated heterocycles. The lowest BCUT2D eigenvalue weighted by Gasteiger charge is -2.57. The number of nitrogens with one attached hydrogen (secondary N) is 1. The van der Waals surface area contributed by atoms with E-state index in [0.29, 0.717) is 86.1 Å². The molecule has 10 nitrogen and oxygen atoms in total. The molecule has 7 rings (SSSR count). The highest BCUT2D eigenvalue weighted by molar-refractivity contribution is 6.04. The number of carbonyl (C=O) groups excluding carboxylic acids is 1. The van der Waals surface area contributed by atoms with Crippen molar-refractivity contribution in [2.45, 2.75) is 88.4 Å². The molecule has 51 heavy (non-hydrogen) atoms. The zero-order chi connectivity index (χ0) is 36.3. The van der Waals surface area contributed by atoms with E-state index in [-0.39, 0.29) is 22.9 Å². The Morgan fingerprint density at radius 2 is 1.88 bits per heavy atom. The minimum absolute atomic E-state index is 0.0507. The predicted molar refractivity (Wildman–Crippen MR) is 188 cm³/mol. The standard InChI is InChI=1S/C38H43F3N8O2/c1-4-23-15-25-31(32(51-21-38(39,40)41)30(23)29-22(3)7-8-27-26(29)16-45-48-27)46-34(24-17-49(18-24)14-6-13-42)47-33(25)36(43)11-9-35(10-12-36)19-37(44,20-35)28(50)5-2/h5,7-8,15-16,24H,2,4,6,9-12,14,17-21,43-44H2,1,3H3,(H,45,48). The Morgan fingerprint density at radius 3 is 2.53 bits per heavy atom. The van der Waals surface area contributed by atoms with Crippen LogP contribution in [0.2, 0.25) is 0 Å². The third kappa shape index (κ3) is 6.17. The smallest absolute Gasteiger partial charge is 0.422 e. The topological polar surface area (TPSA) is 160 Å². The number of hydrogen-bond acceptors (Lipinski definition) is 9. The normalized spacial score (nSPS) is 25.5. The van der Waals surface area contributed by atoms with Crippen LogP contribution in [0.4, 0.5) is 13.2 Å². The number of hydrogen-bond donors (Lipinski definition) is 3. The molecular formula is C38H43F3N8O2. The molecular weight excluding hydrogens is 657 g/mol. The molecule has 2 aromatic heterocycles. The van der Waals surface area contributed by atoms with E-state index >= 15 is 0 Å². The van der Waals surface area contributed by atoms with Crippen LogP contribution >= 0.6 is 0 Å². The van der Waals surface area contributed by atoms with Gasteiger partial charge in [0.2, 0.25) is 0 Å². The summed E-state index contributed by atoms with van der Waals surface area (Å²) < 4.78 is 47.8. The van der Waals surface area contributed by atoms with E-state index in [1.54, 1.807) is 6.20 Å². The van der Waals surface area contributed by atoms with E-state index in [1.165, 1.54) is 6.08 Å². The number of rotatable bonds is 10. The number of nitrogens with zero attached hydrogens (tertiary/aromatic N) is 5. The van der Waals surface area contributed by atoms with E-state index in [0.717, 1.165) is 40.4 Å². The molecule has 2 aromatic carbocycles. The quantitative estimate of drug-likeness (QED) is 0.162. The van der Waals surface area contributed by atoms with Crippen LogP contribution in [-0.4, -0.2) is 68.8 Å². The van der Waals surface area contributed by atoms with E-state index in [4.69, 9.17) is 31.4 Å². The molecule has 268 valence electrons. The van der Waals surface area contributed by atoms with Gasteiger partial charge in [-0.05, 0) is 92.2 Å². The van der Waals surface area contributed by atoms with Gasteiger partial charge in [0.05, 0.1) is 34.6 Å². The fourth-order valence-corrected chi connectivity index (χ4v) is 8.78. The summed E-state index contributed by atoms with van der Waals surface area (Å²) in [7, 11) is 0. The van der Waals surface area contributed by atoms with Crippen molar-refractivity contribution in [2.75, 3.05) is 26.2 Å². The monoisotopic (exact) mass is 700 g/mol. The summed E-state index contributed by atoms with van der Waals surface area (Å²) in [4.78, 5) is 24.8. The molecule has 3 fully saturated rings. The van der Waals surface area contributed by atoms with E-state index < -0.39 is 23.9 Å². The molecule has 5 N–H and O–H groups in total. The zero-order valence-corrected chi connectivity index (χ0v) is 29.0. The Morgan fingerprint density at radius 1 is 1.16 bits per heavy atom. The van der Waals surface area contributed by atoms with Crippen LogP contribution in [0.1, 0.15) is 80.4 Å². The van der Waals surface area contributed by atoms with Crippen LogP contribution in [0.25, 0.3) is 32.9 Å². The second-order valence-electron chi connectivity index (χ2n) is 15.0. The number of carbonyl (C=O) groups is 1. The lowest BCUT2D eigenvalue weighted by atomic mass is 9.49. The maximum atomic E-state index is 14.0. The van der Waals surface area contributed by atoms with Crippen LogP contribution in [0, 0.1) is 23.7 Å². The molecule has 2 saturated carbocycles. The number of ketones is 1. The predicted octanol–water partition coefficient (Wildman–Crippen LogP) is 6.26. The van der Waals surface area contributed by atoms with Crippen LogP contribution < -0.4 is 16.2 Å². The van der Waals surface area contributed by atoms with Gasteiger partial charge in [0.15, 0.2) is 18.1 Å². The first-order valence-electron chi connectivity index (χ1n) is 17.6. The van der Waals surface area contributed by atoms with Crippen molar-refractivity contribution >= 4 is 27.6 Å². The minimum Gasteiger partial charge on any atom is -0.481 e. The second kappa shape index (κ2) is 12.7. The van der Waals surface area contributed by atoms with Crippen LogP contribution in [0.3, 0.4) is 0 Å². The third-order valence-corrected chi connectivity index (χ3v) is 11.5. The third-order valence-electron chi connectivity index (χ3n) is 11.5. The van der Waals surface area contributed by atoms with Gasteiger partial charge in [0.25, 0.3) is 0 Å². The van der Waals surface area contributed by atoms with Gasteiger partial charge in [0.1, 0.15) is 11.3 Å². The first-order valence-corrected chi connectivity index (χ1v) is 17.6. The lowest BCUT2D eigenvalue weighted by molar-refractivity contribution is -0.153. The number of aromatic nitrogens is 4. The second-order valence-corrected chi connectivity index (χ2v) is 15.0. The Balaban J connectivity index is 1.40. The summed E-state index contributed by atoms with van der Waals surface area (Å²) in [5.74, 6) is 0.310. The number of benzene rings is 2. The number of H-pyrrole nitrogens is 1. The number of aromatic amines is 1. The summed E-state index contributed by atoms with van der Waals surface area (Å²) in [6.45, 7) is 7.87. The first-order chi connectivity index (χ1) is 24.2. The number of nitrogens with two attached hydrogens (primary N) is 2. The van der Waals surface area contributed by atoms with Gasteiger partial charge >= 0.3 is 6.18 Å². The number of aryl methyl sites for hydroxylation is 2. The highest BCUT2D eigenvalue weighted by atomic mass is 19.4. The molecule has 3 aliphatic rings. The SMILES string of the molecule is C=CC(=O)C1(N)CC2(CCC(N)(c3nc(C4CN(CCC#N)C4)nc4c(OCC(F)(F)F)c(-c5c(C)ccc6[nH]ncc56)c(CC)cc34)CC2)C1. The molecule has 0 radical (unpaired) electrons. The number of ether oxygens (including phenoxy) is 1. The van der Waals surface area contributed by atoms with E-state index in [9.17, 15) is 18.0 Å². The fraction of sp³-hybridized carbons (Fsp3) is 0.500. The van der Waals surface area contributed by atoms with E-state index in [2.05, 4.69) is 27.7 Å². The van der Waals surface area contributed by atoms with Crippen molar-refractivity contribution < 1.29 is 22.7 Å². The molecule has 4 aromatic rings. The van der Waals surface area contributed by atoms with Gasteiger partial charge in [-0.25, -0.2) is 9.97 Å². The van der Waals surface area contributed by atoms with Crippen LogP contribution in [-0.2, 0) is 16.8 Å². The number of likely N-dealkylation sites (tertiary alicyclic amines) is 1. The van der Waals surface area contributed by atoms with Gasteiger partial charge in [-0.3, -0.25) is 9.89 Å². The van der Waals surface area contributed by atoms with Gasteiger partial charge in [-0.15, -0.1) is 0 Å². The van der Waals surface area contributed by atoms with Crippen molar-refractivity contribution in [2.24, 2.45) is 16.9 Å². The molecule has 0 atom stereocenters. The maximum Gasteiger partial charge on any atom is 0.422 e. The maximum absolute atomic E-state index is 14.0. The molecule has 2 aliphatic carbocycles. The summed E-state index contributed by atoms with van der Waals surface area (Å²) in [6, 6.07) is 7.98. The Kier molecular flexibility index (Phi) is 8.72. The van der Waals surface area contributed by atoms with Crippen LogP contribution in [0.15, 0.2) is 37.1 Å². The minimum atomic E-state index is -4.60. The largest absolute Gasteiger partial charge is 0.481 e. The number of halogens is 3. The van der Waals surface area contributed by atoms with Crippen molar-refractivity contribution in [1.82, 2.24) is 25.1 Å². The first kappa shape index (κ1) is 35.0. The van der Waals surface area contributed by atoms with E-state index in [1.807, 2.05) is 32.0 Å². The molecule has 3 heterocycles. The van der Waals surface area contributed by atoms with Gasteiger partial charge in [0, 0.05) is 48.3 Å².